The molecule has 4 rings (SSSR count). The molecule has 3 heteroatoms. The molecule has 102 valence electrons. The average molecular weight is 418 g/mol. The molecule has 0 radical (unpaired) electrons. The lowest BCUT2D eigenvalue weighted by molar-refractivity contribution is 1.57. The van der Waals surface area contributed by atoms with Gasteiger partial charge in [-0.1, -0.05) is 62.2 Å². The molecular formula is C18H10Br2S. The van der Waals surface area contributed by atoms with E-state index >= 15 is 0 Å². The molecule has 0 unspecified atom stereocenters. The summed E-state index contributed by atoms with van der Waals surface area (Å²) in [6.07, 6.45) is 0. The molecule has 0 saturated carbocycles. The second-order valence-electron chi connectivity index (χ2n) is 4.91. The van der Waals surface area contributed by atoms with Gasteiger partial charge in [0.05, 0.1) is 0 Å². The van der Waals surface area contributed by atoms with Crippen molar-refractivity contribution >= 4 is 63.4 Å². The highest BCUT2D eigenvalue weighted by Gasteiger charge is 2.10. The number of fused-ring (bicyclic) bond motifs is 3. The van der Waals surface area contributed by atoms with E-state index < -0.39 is 0 Å². The van der Waals surface area contributed by atoms with Crippen molar-refractivity contribution in [1.82, 2.24) is 0 Å². The van der Waals surface area contributed by atoms with E-state index in [0.717, 1.165) is 8.95 Å². The van der Waals surface area contributed by atoms with E-state index in [0.29, 0.717) is 0 Å². The van der Waals surface area contributed by atoms with Crippen LogP contribution in [-0.2, 0) is 0 Å². The van der Waals surface area contributed by atoms with Crippen LogP contribution in [0.2, 0.25) is 0 Å². The summed E-state index contributed by atoms with van der Waals surface area (Å²) >= 11 is 9.17. The first-order valence-corrected chi connectivity index (χ1v) is 9.00. The lowest BCUT2D eigenvalue weighted by atomic mass is 10.0. The standard InChI is InChI=1S/C18H10Br2S/c19-14-5-3-6-15(20)18(14)11-8-9-17-13(10-11)12-4-1-2-7-16(12)21-17/h1-10H. The normalized spacial score (nSPS) is 11.3. The molecule has 0 fully saturated rings. The maximum atomic E-state index is 3.66. The minimum absolute atomic E-state index is 1.11. The van der Waals surface area contributed by atoms with Gasteiger partial charge in [0, 0.05) is 34.7 Å². The summed E-state index contributed by atoms with van der Waals surface area (Å²) < 4.78 is 4.89. The van der Waals surface area contributed by atoms with Crippen LogP contribution in [0.4, 0.5) is 0 Å². The molecule has 1 heterocycles. The number of rotatable bonds is 1. The van der Waals surface area contributed by atoms with Crippen LogP contribution in [-0.4, -0.2) is 0 Å². The van der Waals surface area contributed by atoms with Gasteiger partial charge >= 0.3 is 0 Å². The molecule has 0 bridgehead atoms. The van der Waals surface area contributed by atoms with Crippen molar-refractivity contribution in [2.24, 2.45) is 0 Å². The summed E-state index contributed by atoms with van der Waals surface area (Å²) in [5.41, 5.74) is 2.43. The Bertz CT molecular complexity index is 949. The van der Waals surface area contributed by atoms with Gasteiger partial charge in [0.15, 0.2) is 0 Å². The van der Waals surface area contributed by atoms with Crippen molar-refractivity contribution in [2.45, 2.75) is 0 Å². The monoisotopic (exact) mass is 416 g/mol. The average Bonchev–Trinajstić information content (AvgIpc) is 2.85. The highest BCUT2D eigenvalue weighted by atomic mass is 79.9. The van der Waals surface area contributed by atoms with Gasteiger partial charge in [-0.25, -0.2) is 0 Å². The summed E-state index contributed by atoms with van der Waals surface area (Å²) in [7, 11) is 0. The maximum Gasteiger partial charge on any atom is 0.0355 e. The summed E-state index contributed by atoms with van der Waals surface area (Å²) in [6, 6.07) is 21.5. The highest BCUT2D eigenvalue weighted by molar-refractivity contribution is 9.11. The van der Waals surface area contributed by atoms with Crippen molar-refractivity contribution in [3.63, 3.8) is 0 Å². The number of thiophene rings is 1. The number of hydrogen-bond acceptors (Lipinski definition) is 1. The van der Waals surface area contributed by atoms with E-state index in [1.54, 1.807) is 0 Å². The molecule has 4 aromatic rings. The van der Waals surface area contributed by atoms with Gasteiger partial charge < -0.3 is 0 Å². The van der Waals surface area contributed by atoms with E-state index in [-0.39, 0.29) is 0 Å². The smallest absolute Gasteiger partial charge is 0.0355 e. The fourth-order valence-corrected chi connectivity index (χ4v) is 5.20. The summed E-state index contributed by atoms with van der Waals surface area (Å²) in [5.74, 6) is 0. The van der Waals surface area contributed by atoms with Gasteiger partial charge in [-0.2, -0.15) is 0 Å². The molecule has 0 N–H and O–H groups in total. The SMILES string of the molecule is Brc1cccc(Br)c1-c1ccc2sc3ccccc3c2c1. The Kier molecular flexibility index (Phi) is 3.37. The minimum Gasteiger partial charge on any atom is -0.135 e. The summed E-state index contributed by atoms with van der Waals surface area (Å²) in [5, 5.41) is 2.67. The molecule has 1 aromatic heterocycles. The topological polar surface area (TPSA) is 0 Å². The van der Waals surface area contributed by atoms with E-state index in [1.807, 2.05) is 17.4 Å². The number of hydrogen-bond donors (Lipinski definition) is 0. The van der Waals surface area contributed by atoms with E-state index in [2.05, 4.69) is 86.5 Å². The Morgan fingerprint density at radius 1 is 0.667 bits per heavy atom. The van der Waals surface area contributed by atoms with Crippen molar-refractivity contribution in [3.8, 4) is 11.1 Å². The van der Waals surface area contributed by atoms with Crippen molar-refractivity contribution in [2.75, 3.05) is 0 Å². The van der Waals surface area contributed by atoms with E-state index in [1.165, 1.54) is 31.3 Å². The highest BCUT2D eigenvalue weighted by Crippen LogP contribution is 2.40. The van der Waals surface area contributed by atoms with Crippen molar-refractivity contribution in [3.05, 3.63) is 69.6 Å². The quantitative estimate of drug-likeness (QED) is 0.306. The van der Waals surface area contributed by atoms with Gasteiger partial charge in [0.2, 0.25) is 0 Å². The molecule has 0 amide bonds. The van der Waals surface area contributed by atoms with Gasteiger partial charge in [-0.15, -0.1) is 11.3 Å². The Balaban J connectivity index is 2.05. The lowest BCUT2D eigenvalue weighted by Gasteiger charge is -2.08. The predicted molar refractivity (Wildman–Crippen MR) is 100 cm³/mol. The van der Waals surface area contributed by atoms with Gasteiger partial charge in [-0.05, 0) is 35.9 Å². The first kappa shape index (κ1) is 13.5. The molecule has 0 atom stereocenters. The fourth-order valence-electron chi connectivity index (χ4n) is 2.66. The molecule has 0 nitrogen and oxygen atoms in total. The fraction of sp³-hybridized carbons (Fsp3) is 0. The van der Waals surface area contributed by atoms with Gasteiger partial charge in [0.1, 0.15) is 0 Å². The third kappa shape index (κ3) is 2.24. The van der Waals surface area contributed by atoms with Crippen LogP contribution in [0.15, 0.2) is 69.6 Å². The second kappa shape index (κ2) is 5.24. The van der Waals surface area contributed by atoms with E-state index in [9.17, 15) is 0 Å². The summed E-state index contributed by atoms with van der Waals surface area (Å²) in [4.78, 5) is 0. The zero-order valence-corrected chi connectivity index (χ0v) is 14.9. The maximum absolute atomic E-state index is 3.66. The molecule has 0 aliphatic carbocycles. The third-order valence-electron chi connectivity index (χ3n) is 3.63. The third-order valence-corrected chi connectivity index (χ3v) is 6.10. The van der Waals surface area contributed by atoms with Crippen LogP contribution in [0, 0.1) is 0 Å². The van der Waals surface area contributed by atoms with Crippen LogP contribution in [0.1, 0.15) is 0 Å². The first-order valence-electron chi connectivity index (χ1n) is 6.60. The Morgan fingerprint density at radius 2 is 1.38 bits per heavy atom. The molecule has 0 aliphatic rings. The molecule has 3 aromatic carbocycles. The van der Waals surface area contributed by atoms with Crippen molar-refractivity contribution < 1.29 is 0 Å². The number of benzene rings is 3. The van der Waals surface area contributed by atoms with Crippen LogP contribution < -0.4 is 0 Å². The summed E-state index contributed by atoms with van der Waals surface area (Å²) in [6.45, 7) is 0. The molecule has 21 heavy (non-hydrogen) atoms. The van der Waals surface area contributed by atoms with Gasteiger partial charge in [0.25, 0.3) is 0 Å². The number of halogens is 2. The second-order valence-corrected chi connectivity index (χ2v) is 7.70. The van der Waals surface area contributed by atoms with Crippen LogP contribution in [0.25, 0.3) is 31.3 Å². The zero-order chi connectivity index (χ0) is 14.4. The Hall–Kier alpha value is -1.16. The molecule has 0 spiro atoms. The predicted octanol–water partition coefficient (Wildman–Crippen LogP) is 7.25. The Morgan fingerprint density at radius 3 is 2.19 bits per heavy atom. The largest absolute Gasteiger partial charge is 0.135 e. The molecule has 0 aliphatic heterocycles. The minimum atomic E-state index is 1.11. The molecule has 0 saturated heterocycles. The van der Waals surface area contributed by atoms with Crippen LogP contribution in [0.3, 0.4) is 0 Å². The van der Waals surface area contributed by atoms with Gasteiger partial charge in [-0.3, -0.25) is 0 Å². The Labute approximate surface area is 143 Å². The van der Waals surface area contributed by atoms with Crippen LogP contribution in [0.5, 0.6) is 0 Å². The van der Waals surface area contributed by atoms with Crippen molar-refractivity contribution in [1.29, 1.82) is 0 Å². The first-order chi connectivity index (χ1) is 10.2. The molecular weight excluding hydrogens is 408 g/mol. The van der Waals surface area contributed by atoms with Crippen LogP contribution >= 0.6 is 43.2 Å². The zero-order valence-electron chi connectivity index (χ0n) is 10.9. The lowest BCUT2D eigenvalue weighted by Crippen LogP contribution is -1.82. The van der Waals surface area contributed by atoms with E-state index in [4.69, 9.17) is 0 Å².